The van der Waals surface area contributed by atoms with Gasteiger partial charge in [0.05, 0.1) is 23.3 Å². The Kier molecular flexibility index (Phi) is 10.6. The summed E-state index contributed by atoms with van der Waals surface area (Å²) in [6.07, 6.45) is 3.24. The number of likely N-dealkylation sites (tertiary alicyclic amines) is 1. The number of hydrogen-bond acceptors (Lipinski definition) is 5. The van der Waals surface area contributed by atoms with Crippen molar-refractivity contribution in [3.63, 3.8) is 0 Å². The summed E-state index contributed by atoms with van der Waals surface area (Å²) in [5.41, 5.74) is 3.99. The van der Waals surface area contributed by atoms with Gasteiger partial charge in [0, 0.05) is 66.7 Å². The predicted octanol–water partition coefficient (Wildman–Crippen LogP) is 6.65. The third-order valence-electron chi connectivity index (χ3n) is 8.28. The third-order valence-corrected chi connectivity index (χ3v) is 8.84. The van der Waals surface area contributed by atoms with Crippen LogP contribution in [0.15, 0.2) is 60.7 Å². The van der Waals surface area contributed by atoms with Crippen molar-refractivity contribution < 1.29 is 19.1 Å². The zero-order valence-electron chi connectivity index (χ0n) is 25.1. The molecule has 44 heavy (non-hydrogen) atoms. The van der Waals surface area contributed by atoms with Gasteiger partial charge in [-0.05, 0) is 86.7 Å². The number of nitrogens with one attached hydrogen (secondary N) is 2. The van der Waals surface area contributed by atoms with E-state index in [-0.39, 0.29) is 29.9 Å². The van der Waals surface area contributed by atoms with E-state index in [4.69, 9.17) is 27.9 Å². The Labute approximate surface area is 268 Å². The second kappa shape index (κ2) is 14.6. The molecule has 1 fully saturated rings. The Morgan fingerprint density at radius 2 is 1.70 bits per heavy atom. The Balaban J connectivity index is 1.25. The summed E-state index contributed by atoms with van der Waals surface area (Å²) in [7, 11) is 0. The standard InChI is InChI=1S/C34H38Cl2N4O4/c1-22-20-26(38-33(42)28-6-3-4-7-30(28)36)10-11-27(22)34(43)40-15-5-8-32(29-21-24(35)9-12-31(29)40)44-19-18-39-16-13-25(14-17-39)37-23(2)41/h3-4,6-7,9-12,20-21,25,32H,5,8,13-19H2,1-2H3,(H,37,41)(H,38,42). The number of rotatable bonds is 8. The van der Waals surface area contributed by atoms with Crippen LogP contribution in [0, 0.1) is 6.92 Å². The van der Waals surface area contributed by atoms with Crippen molar-refractivity contribution in [2.75, 3.05) is 43.0 Å². The number of hydrogen-bond donors (Lipinski definition) is 2. The molecule has 0 aliphatic carbocycles. The van der Waals surface area contributed by atoms with Gasteiger partial charge in [0.25, 0.3) is 11.8 Å². The van der Waals surface area contributed by atoms with E-state index in [1.165, 1.54) is 0 Å². The zero-order chi connectivity index (χ0) is 31.2. The average molecular weight is 638 g/mol. The third kappa shape index (κ3) is 7.80. The number of aryl methyl sites for hydroxylation is 1. The van der Waals surface area contributed by atoms with E-state index in [1.54, 1.807) is 49.4 Å². The lowest BCUT2D eigenvalue weighted by atomic mass is 10.0. The first-order chi connectivity index (χ1) is 21.2. The van der Waals surface area contributed by atoms with Gasteiger partial charge < -0.3 is 25.2 Å². The van der Waals surface area contributed by atoms with Crippen LogP contribution in [0.5, 0.6) is 0 Å². The molecule has 3 aromatic carbocycles. The minimum Gasteiger partial charge on any atom is -0.372 e. The van der Waals surface area contributed by atoms with E-state index in [2.05, 4.69) is 15.5 Å². The number of carbonyl (C=O) groups excluding carboxylic acids is 3. The van der Waals surface area contributed by atoms with Crippen LogP contribution in [0.1, 0.15) is 70.6 Å². The Bertz CT molecular complexity index is 1520. The fraction of sp³-hybridized carbons (Fsp3) is 0.382. The van der Waals surface area contributed by atoms with Gasteiger partial charge in [-0.2, -0.15) is 0 Å². The highest BCUT2D eigenvalue weighted by atomic mass is 35.5. The molecule has 3 amide bonds. The van der Waals surface area contributed by atoms with Crippen molar-refractivity contribution in [3.8, 4) is 0 Å². The number of piperidine rings is 1. The highest BCUT2D eigenvalue weighted by Crippen LogP contribution is 2.38. The fourth-order valence-corrected chi connectivity index (χ4v) is 6.41. The van der Waals surface area contributed by atoms with Crippen molar-refractivity contribution in [1.82, 2.24) is 10.2 Å². The summed E-state index contributed by atoms with van der Waals surface area (Å²) in [5.74, 6) is -0.402. The van der Waals surface area contributed by atoms with E-state index in [9.17, 15) is 14.4 Å². The summed E-state index contributed by atoms with van der Waals surface area (Å²) < 4.78 is 6.44. The Hall–Kier alpha value is -3.43. The van der Waals surface area contributed by atoms with Gasteiger partial charge in [-0.3, -0.25) is 14.4 Å². The normalized spacial score (nSPS) is 17.5. The molecule has 2 aliphatic heterocycles. The van der Waals surface area contributed by atoms with Gasteiger partial charge >= 0.3 is 0 Å². The molecule has 0 saturated carbocycles. The smallest absolute Gasteiger partial charge is 0.258 e. The average Bonchev–Trinajstić information content (AvgIpc) is 3.17. The first-order valence-corrected chi connectivity index (χ1v) is 15.8. The molecular weight excluding hydrogens is 599 g/mol. The minimum atomic E-state index is -0.312. The van der Waals surface area contributed by atoms with Gasteiger partial charge in [0.15, 0.2) is 0 Å². The van der Waals surface area contributed by atoms with E-state index in [1.807, 2.05) is 30.0 Å². The predicted molar refractivity (Wildman–Crippen MR) is 175 cm³/mol. The van der Waals surface area contributed by atoms with Crippen LogP contribution in [0.25, 0.3) is 0 Å². The number of benzene rings is 3. The molecule has 1 saturated heterocycles. The van der Waals surface area contributed by atoms with Crippen LogP contribution < -0.4 is 15.5 Å². The van der Waals surface area contributed by atoms with Crippen molar-refractivity contribution >= 4 is 52.3 Å². The maximum Gasteiger partial charge on any atom is 0.258 e. The number of halogens is 2. The first kappa shape index (κ1) is 32.0. The molecule has 2 heterocycles. The molecule has 0 aromatic heterocycles. The van der Waals surface area contributed by atoms with Crippen molar-refractivity contribution in [3.05, 3.63) is 93.0 Å². The molecule has 0 radical (unpaired) electrons. The maximum absolute atomic E-state index is 14.0. The lowest BCUT2D eigenvalue weighted by molar-refractivity contribution is -0.120. The molecule has 1 unspecified atom stereocenters. The lowest BCUT2D eigenvalue weighted by Gasteiger charge is -2.32. The fourth-order valence-electron chi connectivity index (χ4n) is 6.01. The van der Waals surface area contributed by atoms with E-state index in [0.29, 0.717) is 40.0 Å². The molecule has 3 aromatic rings. The molecule has 0 bridgehead atoms. The van der Waals surface area contributed by atoms with E-state index >= 15 is 0 Å². The van der Waals surface area contributed by atoms with Crippen LogP contribution in [0.2, 0.25) is 10.0 Å². The van der Waals surface area contributed by atoms with Crippen molar-refractivity contribution in [2.45, 2.75) is 51.7 Å². The van der Waals surface area contributed by atoms with Crippen LogP contribution >= 0.6 is 23.2 Å². The topological polar surface area (TPSA) is 91.0 Å². The molecule has 2 aliphatic rings. The number of anilines is 2. The number of nitrogens with zero attached hydrogens (tertiary/aromatic N) is 2. The summed E-state index contributed by atoms with van der Waals surface area (Å²) >= 11 is 12.6. The molecule has 5 rings (SSSR count). The number of fused-ring (bicyclic) bond motifs is 1. The van der Waals surface area contributed by atoms with Gasteiger partial charge in [0.2, 0.25) is 5.91 Å². The largest absolute Gasteiger partial charge is 0.372 e. The van der Waals surface area contributed by atoms with E-state index in [0.717, 1.165) is 62.1 Å². The molecular formula is C34H38Cl2N4O4. The first-order valence-electron chi connectivity index (χ1n) is 15.1. The summed E-state index contributed by atoms with van der Waals surface area (Å²) in [6, 6.07) is 18.0. The van der Waals surface area contributed by atoms with Crippen LogP contribution in [0.3, 0.4) is 0 Å². The molecule has 2 N–H and O–H groups in total. The van der Waals surface area contributed by atoms with Gasteiger partial charge in [-0.25, -0.2) is 0 Å². The SMILES string of the molecule is CC(=O)NC1CCN(CCOC2CCCN(C(=O)c3ccc(NC(=O)c4ccccc4Cl)cc3C)c3ccc(Cl)cc32)CC1. The van der Waals surface area contributed by atoms with Crippen molar-refractivity contribution in [1.29, 1.82) is 0 Å². The number of ether oxygens (including phenoxy) is 1. The van der Waals surface area contributed by atoms with Crippen molar-refractivity contribution in [2.24, 2.45) is 0 Å². The van der Waals surface area contributed by atoms with Crippen LogP contribution in [0.4, 0.5) is 11.4 Å². The minimum absolute atomic E-state index is 0.0234. The molecule has 1 atom stereocenters. The highest BCUT2D eigenvalue weighted by Gasteiger charge is 2.29. The number of amides is 3. The lowest BCUT2D eigenvalue weighted by Crippen LogP contribution is -2.44. The highest BCUT2D eigenvalue weighted by molar-refractivity contribution is 6.34. The quantitative estimate of drug-likeness (QED) is 0.289. The molecule has 232 valence electrons. The van der Waals surface area contributed by atoms with Crippen LogP contribution in [-0.4, -0.2) is 61.4 Å². The second-order valence-corrected chi connectivity index (χ2v) is 12.3. The zero-order valence-corrected chi connectivity index (χ0v) is 26.6. The summed E-state index contributed by atoms with van der Waals surface area (Å²) in [5, 5.41) is 6.87. The van der Waals surface area contributed by atoms with Gasteiger partial charge in [-0.15, -0.1) is 0 Å². The summed E-state index contributed by atoms with van der Waals surface area (Å²) in [4.78, 5) is 42.2. The summed E-state index contributed by atoms with van der Waals surface area (Å²) in [6.45, 7) is 7.19. The van der Waals surface area contributed by atoms with Crippen LogP contribution in [-0.2, 0) is 9.53 Å². The molecule has 8 nitrogen and oxygen atoms in total. The Morgan fingerprint density at radius 1 is 0.932 bits per heavy atom. The van der Waals surface area contributed by atoms with E-state index < -0.39 is 0 Å². The number of carbonyl (C=O) groups is 3. The second-order valence-electron chi connectivity index (χ2n) is 11.4. The van der Waals surface area contributed by atoms with Gasteiger partial charge in [0.1, 0.15) is 0 Å². The molecule has 10 heteroatoms. The Morgan fingerprint density at radius 3 is 2.43 bits per heavy atom. The van der Waals surface area contributed by atoms with Gasteiger partial charge in [-0.1, -0.05) is 35.3 Å². The molecule has 0 spiro atoms. The maximum atomic E-state index is 14.0. The monoisotopic (exact) mass is 636 g/mol.